The second-order valence-electron chi connectivity index (χ2n) is 2.43. The smallest absolute Gasteiger partial charge is 0.300 e. The molecule has 0 spiro atoms. The van der Waals surface area contributed by atoms with Crippen LogP contribution in [0.25, 0.3) is 0 Å². The van der Waals surface area contributed by atoms with Crippen molar-refractivity contribution in [2.24, 2.45) is 0 Å². The highest BCUT2D eigenvalue weighted by Gasteiger charge is 1.91. The van der Waals surface area contributed by atoms with E-state index in [1.54, 1.807) is 6.26 Å². The normalized spacial score (nSPS) is 8.77. The molecule has 1 aromatic rings. The van der Waals surface area contributed by atoms with Crippen LogP contribution in [0.4, 0.5) is 0 Å². The summed E-state index contributed by atoms with van der Waals surface area (Å²) in [5.74, 6) is 0.115. The first-order chi connectivity index (χ1) is 6.16. The average molecular weight is 186 g/mol. The maximum atomic E-state index is 9.00. The second kappa shape index (κ2) is 7.36. The van der Waals surface area contributed by atoms with Crippen LogP contribution in [-0.4, -0.2) is 22.8 Å². The van der Waals surface area contributed by atoms with E-state index >= 15 is 0 Å². The van der Waals surface area contributed by atoms with Crippen molar-refractivity contribution in [1.82, 2.24) is 0 Å². The average Bonchev–Trinajstić information content (AvgIpc) is 2.51. The first-order valence-electron chi connectivity index (χ1n) is 3.99. The summed E-state index contributed by atoms with van der Waals surface area (Å²) >= 11 is 0. The van der Waals surface area contributed by atoms with Crippen molar-refractivity contribution in [2.45, 2.75) is 19.8 Å². The van der Waals surface area contributed by atoms with E-state index in [0.29, 0.717) is 0 Å². The summed E-state index contributed by atoms with van der Waals surface area (Å²) in [5, 5.41) is 15.8. The van der Waals surface area contributed by atoms with Gasteiger partial charge in [0, 0.05) is 20.0 Å². The Labute approximate surface area is 76.8 Å². The van der Waals surface area contributed by atoms with Gasteiger partial charge in [-0.2, -0.15) is 0 Å². The summed E-state index contributed by atoms with van der Waals surface area (Å²) in [6, 6.07) is 3.77. The molecular weight excluding hydrogens is 172 g/mol. The van der Waals surface area contributed by atoms with Crippen LogP contribution >= 0.6 is 0 Å². The number of hydrogen-bond acceptors (Lipinski definition) is 3. The van der Waals surface area contributed by atoms with Crippen molar-refractivity contribution < 1.29 is 19.4 Å². The molecule has 74 valence electrons. The van der Waals surface area contributed by atoms with E-state index in [4.69, 9.17) is 19.4 Å². The maximum Gasteiger partial charge on any atom is 0.300 e. The molecule has 1 heterocycles. The van der Waals surface area contributed by atoms with Gasteiger partial charge in [-0.15, -0.1) is 0 Å². The van der Waals surface area contributed by atoms with E-state index in [1.165, 1.54) is 0 Å². The topological polar surface area (TPSA) is 70.7 Å². The molecule has 0 aliphatic heterocycles. The van der Waals surface area contributed by atoms with Crippen molar-refractivity contribution in [1.29, 1.82) is 0 Å². The Balaban J connectivity index is 0.000000310. The lowest BCUT2D eigenvalue weighted by Gasteiger charge is -1.89. The molecule has 4 heteroatoms. The molecule has 2 N–H and O–H groups in total. The Morgan fingerprint density at radius 2 is 2.23 bits per heavy atom. The summed E-state index contributed by atoms with van der Waals surface area (Å²) in [6.07, 6.45) is 3.27. The number of carboxylic acids is 1. The summed E-state index contributed by atoms with van der Waals surface area (Å²) in [4.78, 5) is 9.00. The van der Waals surface area contributed by atoms with E-state index < -0.39 is 5.97 Å². The summed E-state index contributed by atoms with van der Waals surface area (Å²) in [7, 11) is 0. The monoisotopic (exact) mass is 186 g/mol. The zero-order valence-electron chi connectivity index (χ0n) is 7.56. The SMILES string of the molecule is CC(=O)O.OCCCc1ccco1. The first kappa shape index (κ1) is 11.7. The minimum atomic E-state index is -0.833. The lowest BCUT2D eigenvalue weighted by atomic mass is 10.3. The molecule has 0 atom stereocenters. The fourth-order valence-electron chi connectivity index (χ4n) is 0.708. The van der Waals surface area contributed by atoms with Gasteiger partial charge >= 0.3 is 0 Å². The van der Waals surface area contributed by atoms with Gasteiger partial charge in [-0.05, 0) is 18.6 Å². The van der Waals surface area contributed by atoms with Crippen LogP contribution in [0.2, 0.25) is 0 Å². The predicted molar refractivity (Wildman–Crippen MR) is 47.4 cm³/mol. The minimum absolute atomic E-state index is 0.237. The number of aliphatic hydroxyl groups is 1. The van der Waals surface area contributed by atoms with Gasteiger partial charge in [0.2, 0.25) is 0 Å². The molecule has 0 saturated heterocycles. The van der Waals surface area contributed by atoms with E-state index in [0.717, 1.165) is 25.5 Å². The van der Waals surface area contributed by atoms with Crippen LogP contribution in [0.3, 0.4) is 0 Å². The van der Waals surface area contributed by atoms with Crippen molar-refractivity contribution in [2.75, 3.05) is 6.61 Å². The van der Waals surface area contributed by atoms with Crippen LogP contribution in [-0.2, 0) is 11.2 Å². The third-order valence-corrected chi connectivity index (χ3v) is 1.16. The highest BCUT2D eigenvalue weighted by atomic mass is 16.4. The Morgan fingerprint density at radius 3 is 2.62 bits per heavy atom. The molecule has 0 fully saturated rings. The molecule has 0 amide bonds. The highest BCUT2D eigenvalue weighted by molar-refractivity contribution is 5.62. The maximum absolute atomic E-state index is 9.00. The number of carboxylic acid groups (broad SMARTS) is 1. The molecule has 0 aliphatic rings. The number of carbonyl (C=O) groups is 1. The van der Waals surface area contributed by atoms with Crippen molar-refractivity contribution in [3.05, 3.63) is 24.2 Å². The van der Waals surface area contributed by atoms with Crippen LogP contribution < -0.4 is 0 Å². The Kier molecular flexibility index (Phi) is 6.63. The fraction of sp³-hybridized carbons (Fsp3) is 0.444. The number of aliphatic carboxylic acids is 1. The summed E-state index contributed by atoms with van der Waals surface area (Å²) < 4.78 is 5.02. The number of hydrogen-bond donors (Lipinski definition) is 2. The molecule has 13 heavy (non-hydrogen) atoms. The number of furan rings is 1. The molecule has 0 aromatic carbocycles. The molecule has 0 radical (unpaired) electrons. The molecule has 0 bridgehead atoms. The molecule has 0 unspecified atom stereocenters. The van der Waals surface area contributed by atoms with Crippen LogP contribution in [0.1, 0.15) is 19.1 Å². The van der Waals surface area contributed by atoms with Crippen molar-refractivity contribution >= 4 is 5.97 Å². The van der Waals surface area contributed by atoms with E-state index in [2.05, 4.69) is 0 Å². The van der Waals surface area contributed by atoms with Crippen LogP contribution in [0.15, 0.2) is 22.8 Å². The van der Waals surface area contributed by atoms with Crippen LogP contribution in [0.5, 0.6) is 0 Å². The Bertz CT molecular complexity index is 212. The zero-order valence-corrected chi connectivity index (χ0v) is 7.56. The van der Waals surface area contributed by atoms with Gasteiger partial charge < -0.3 is 14.6 Å². The Morgan fingerprint density at radius 1 is 1.62 bits per heavy atom. The van der Waals surface area contributed by atoms with Gasteiger partial charge in [0.05, 0.1) is 6.26 Å². The molecule has 0 saturated carbocycles. The van der Waals surface area contributed by atoms with Gasteiger partial charge in [0.15, 0.2) is 0 Å². The molecule has 1 rings (SSSR count). The zero-order chi connectivity index (χ0) is 10.1. The van der Waals surface area contributed by atoms with Crippen LogP contribution in [0, 0.1) is 0 Å². The Hall–Kier alpha value is -1.29. The third-order valence-electron chi connectivity index (χ3n) is 1.16. The largest absolute Gasteiger partial charge is 0.481 e. The number of aliphatic hydroxyl groups excluding tert-OH is 1. The van der Waals surface area contributed by atoms with Gasteiger partial charge in [0.25, 0.3) is 5.97 Å². The van der Waals surface area contributed by atoms with E-state index in [9.17, 15) is 0 Å². The predicted octanol–water partition coefficient (Wildman–Crippen LogP) is 1.30. The van der Waals surface area contributed by atoms with Gasteiger partial charge in [-0.3, -0.25) is 4.79 Å². The van der Waals surface area contributed by atoms with E-state index in [1.807, 2.05) is 12.1 Å². The molecule has 0 aliphatic carbocycles. The summed E-state index contributed by atoms with van der Waals surface area (Å²) in [6.45, 7) is 1.32. The molecule has 4 nitrogen and oxygen atoms in total. The molecular formula is C9H14O4. The first-order valence-corrected chi connectivity index (χ1v) is 3.99. The van der Waals surface area contributed by atoms with Gasteiger partial charge in [0.1, 0.15) is 5.76 Å². The fourth-order valence-corrected chi connectivity index (χ4v) is 0.708. The van der Waals surface area contributed by atoms with Crippen molar-refractivity contribution in [3.63, 3.8) is 0 Å². The third kappa shape index (κ3) is 8.62. The lowest BCUT2D eigenvalue weighted by Crippen LogP contribution is -1.85. The number of rotatable bonds is 3. The van der Waals surface area contributed by atoms with Gasteiger partial charge in [-0.25, -0.2) is 0 Å². The van der Waals surface area contributed by atoms with Crippen molar-refractivity contribution in [3.8, 4) is 0 Å². The van der Waals surface area contributed by atoms with Gasteiger partial charge in [-0.1, -0.05) is 0 Å². The second-order valence-corrected chi connectivity index (χ2v) is 2.43. The molecule has 1 aromatic heterocycles. The summed E-state index contributed by atoms with van der Waals surface area (Å²) in [5.41, 5.74) is 0. The number of aryl methyl sites for hydroxylation is 1. The quantitative estimate of drug-likeness (QED) is 0.746. The standard InChI is InChI=1S/C7H10O2.C2H4O2/c8-5-1-3-7-4-2-6-9-7;1-2(3)4/h2,4,6,8H,1,3,5H2;1H3,(H,3,4). The van der Waals surface area contributed by atoms with E-state index in [-0.39, 0.29) is 6.61 Å². The minimum Gasteiger partial charge on any atom is -0.481 e. The highest BCUT2D eigenvalue weighted by Crippen LogP contribution is 2.01. The lowest BCUT2D eigenvalue weighted by molar-refractivity contribution is -0.134.